The van der Waals surface area contributed by atoms with Crippen LogP contribution in [0, 0.1) is 0 Å². The van der Waals surface area contributed by atoms with Crippen molar-refractivity contribution in [1.82, 2.24) is 10.6 Å². The number of nitrogens with one attached hydrogen (secondary N) is 2. The van der Waals surface area contributed by atoms with Gasteiger partial charge in [-0.3, -0.25) is 14.9 Å². The van der Waals surface area contributed by atoms with Crippen LogP contribution in [0.25, 0.3) is 0 Å². The standard InChI is InChI=1S/C20H22N2O4S/c1-2-21-20(25)22-19(24)18(15-9-5-3-6-10-15)26-17(23)13-14-27-16-11-7-4-8-12-16/h3-12,18H,2,13-14H2,1H3,(H2,21,22,24,25)/t18-/m1/s1. The quantitative estimate of drug-likeness (QED) is 0.537. The molecule has 0 bridgehead atoms. The third-order valence-electron chi connectivity index (χ3n) is 3.48. The zero-order chi connectivity index (χ0) is 19.5. The van der Waals surface area contributed by atoms with Crippen LogP contribution in [0.1, 0.15) is 25.0 Å². The van der Waals surface area contributed by atoms with Crippen LogP contribution in [0.2, 0.25) is 0 Å². The summed E-state index contributed by atoms with van der Waals surface area (Å²) in [5.41, 5.74) is 0.503. The molecular formula is C20H22N2O4S. The largest absolute Gasteiger partial charge is 0.447 e. The summed E-state index contributed by atoms with van der Waals surface area (Å²) in [6, 6.07) is 17.7. The molecule has 142 valence electrons. The maximum atomic E-state index is 12.4. The Balaban J connectivity index is 1.95. The summed E-state index contributed by atoms with van der Waals surface area (Å²) in [4.78, 5) is 37.3. The summed E-state index contributed by atoms with van der Waals surface area (Å²) in [5.74, 6) is -0.656. The van der Waals surface area contributed by atoms with Crippen LogP contribution in [0.5, 0.6) is 0 Å². The fraction of sp³-hybridized carbons (Fsp3) is 0.250. The van der Waals surface area contributed by atoms with Gasteiger partial charge in [-0.2, -0.15) is 0 Å². The van der Waals surface area contributed by atoms with Gasteiger partial charge in [0.2, 0.25) is 6.10 Å². The van der Waals surface area contributed by atoms with E-state index in [1.165, 1.54) is 11.8 Å². The Bertz CT molecular complexity index is 753. The molecule has 1 atom stereocenters. The molecule has 2 N–H and O–H groups in total. The van der Waals surface area contributed by atoms with E-state index < -0.39 is 24.0 Å². The van der Waals surface area contributed by atoms with E-state index >= 15 is 0 Å². The molecule has 0 fully saturated rings. The van der Waals surface area contributed by atoms with Gasteiger partial charge >= 0.3 is 12.0 Å². The number of carbonyl (C=O) groups is 3. The molecule has 0 heterocycles. The minimum Gasteiger partial charge on any atom is -0.447 e. The Morgan fingerprint density at radius 1 is 1.00 bits per heavy atom. The number of amides is 3. The van der Waals surface area contributed by atoms with Crippen molar-refractivity contribution in [3.8, 4) is 0 Å². The van der Waals surface area contributed by atoms with E-state index in [1.807, 2.05) is 30.3 Å². The second-order valence-electron chi connectivity index (χ2n) is 5.54. The fourth-order valence-corrected chi connectivity index (χ4v) is 3.10. The van der Waals surface area contributed by atoms with Crippen molar-refractivity contribution in [3.05, 3.63) is 66.2 Å². The maximum absolute atomic E-state index is 12.4. The minimum atomic E-state index is -1.18. The fourth-order valence-electron chi connectivity index (χ4n) is 2.24. The lowest BCUT2D eigenvalue weighted by molar-refractivity contribution is -0.155. The lowest BCUT2D eigenvalue weighted by atomic mass is 10.1. The van der Waals surface area contributed by atoms with Crippen molar-refractivity contribution >= 4 is 29.7 Å². The van der Waals surface area contributed by atoms with Gasteiger partial charge in [-0.05, 0) is 19.1 Å². The molecule has 0 unspecified atom stereocenters. The molecule has 0 saturated heterocycles. The summed E-state index contributed by atoms with van der Waals surface area (Å²) < 4.78 is 5.37. The van der Waals surface area contributed by atoms with Crippen molar-refractivity contribution in [1.29, 1.82) is 0 Å². The molecule has 0 aliphatic heterocycles. The summed E-state index contributed by atoms with van der Waals surface area (Å²) in [7, 11) is 0. The van der Waals surface area contributed by atoms with Crippen molar-refractivity contribution in [2.45, 2.75) is 24.3 Å². The molecule has 0 radical (unpaired) electrons. The zero-order valence-corrected chi connectivity index (χ0v) is 15.8. The number of hydrogen-bond donors (Lipinski definition) is 2. The Labute approximate surface area is 162 Å². The van der Waals surface area contributed by atoms with Crippen molar-refractivity contribution < 1.29 is 19.1 Å². The number of ether oxygens (including phenoxy) is 1. The molecule has 0 spiro atoms. The smallest absolute Gasteiger partial charge is 0.321 e. The molecule has 7 heteroatoms. The highest BCUT2D eigenvalue weighted by Crippen LogP contribution is 2.21. The monoisotopic (exact) mass is 386 g/mol. The lowest BCUT2D eigenvalue weighted by Crippen LogP contribution is -2.42. The number of carbonyl (C=O) groups excluding carboxylic acids is 3. The first kappa shape index (κ1) is 20.5. The molecule has 2 rings (SSSR count). The number of imide groups is 1. The van der Waals surface area contributed by atoms with E-state index in [-0.39, 0.29) is 6.42 Å². The van der Waals surface area contributed by atoms with E-state index in [2.05, 4.69) is 10.6 Å². The number of thioether (sulfide) groups is 1. The summed E-state index contributed by atoms with van der Waals surface area (Å²) in [6.07, 6.45) is -1.03. The van der Waals surface area contributed by atoms with Gasteiger partial charge in [-0.1, -0.05) is 48.5 Å². The molecule has 3 amide bonds. The summed E-state index contributed by atoms with van der Waals surface area (Å²) >= 11 is 1.53. The molecule has 6 nitrogen and oxygen atoms in total. The number of hydrogen-bond acceptors (Lipinski definition) is 5. The topological polar surface area (TPSA) is 84.5 Å². The second kappa shape index (κ2) is 11.0. The van der Waals surface area contributed by atoms with Gasteiger partial charge in [-0.15, -0.1) is 11.8 Å². The number of urea groups is 1. The third-order valence-corrected chi connectivity index (χ3v) is 4.50. The molecular weight excluding hydrogens is 364 g/mol. The second-order valence-corrected chi connectivity index (χ2v) is 6.71. The Hall–Kier alpha value is -2.80. The first-order valence-corrected chi connectivity index (χ1v) is 9.59. The first-order chi connectivity index (χ1) is 13.1. The predicted molar refractivity (Wildman–Crippen MR) is 104 cm³/mol. The van der Waals surface area contributed by atoms with Gasteiger partial charge in [0.25, 0.3) is 5.91 Å². The van der Waals surface area contributed by atoms with Gasteiger partial charge in [0.05, 0.1) is 6.42 Å². The van der Waals surface area contributed by atoms with Gasteiger partial charge in [0.1, 0.15) is 0 Å². The normalized spacial score (nSPS) is 11.3. The molecule has 0 aromatic heterocycles. The van der Waals surface area contributed by atoms with Crippen molar-refractivity contribution in [2.24, 2.45) is 0 Å². The van der Waals surface area contributed by atoms with Gasteiger partial charge in [0, 0.05) is 22.8 Å². The SMILES string of the molecule is CCNC(=O)NC(=O)[C@H](OC(=O)CCSc1ccccc1)c1ccccc1. The van der Waals surface area contributed by atoms with Gasteiger partial charge in [0.15, 0.2) is 0 Å². The van der Waals surface area contributed by atoms with E-state index in [1.54, 1.807) is 37.3 Å². The van der Waals surface area contributed by atoms with Crippen LogP contribution in [-0.4, -0.2) is 30.2 Å². The Kier molecular flexibility index (Phi) is 8.38. The average Bonchev–Trinajstić information content (AvgIpc) is 2.67. The average molecular weight is 386 g/mol. The van der Waals surface area contributed by atoms with E-state index in [0.29, 0.717) is 17.9 Å². The molecule has 0 saturated carbocycles. The highest BCUT2D eigenvalue weighted by molar-refractivity contribution is 7.99. The Morgan fingerprint density at radius 3 is 2.26 bits per heavy atom. The van der Waals surface area contributed by atoms with Crippen molar-refractivity contribution in [2.75, 3.05) is 12.3 Å². The van der Waals surface area contributed by atoms with Crippen LogP contribution in [0.15, 0.2) is 65.6 Å². The minimum absolute atomic E-state index is 0.150. The molecule has 2 aromatic carbocycles. The first-order valence-electron chi connectivity index (χ1n) is 8.61. The maximum Gasteiger partial charge on any atom is 0.321 e. The van der Waals surface area contributed by atoms with E-state index in [4.69, 9.17) is 4.74 Å². The van der Waals surface area contributed by atoms with Crippen LogP contribution >= 0.6 is 11.8 Å². The van der Waals surface area contributed by atoms with Gasteiger partial charge in [-0.25, -0.2) is 4.79 Å². The van der Waals surface area contributed by atoms with Crippen LogP contribution in [0.4, 0.5) is 4.79 Å². The Morgan fingerprint density at radius 2 is 1.63 bits per heavy atom. The highest BCUT2D eigenvalue weighted by atomic mass is 32.2. The number of benzene rings is 2. The van der Waals surface area contributed by atoms with Crippen LogP contribution < -0.4 is 10.6 Å². The summed E-state index contributed by atoms with van der Waals surface area (Å²) in [5, 5.41) is 4.67. The van der Waals surface area contributed by atoms with E-state index in [9.17, 15) is 14.4 Å². The van der Waals surface area contributed by atoms with Gasteiger partial charge < -0.3 is 10.1 Å². The molecule has 0 aliphatic rings. The lowest BCUT2D eigenvalue weighted by Gasteiger charge is -2.17. The summed E-state index contributed by atoms with van der Waals surface area (Å²) in [6.45, 7) is 2.12. The predicted octanol–water partition coefficient (Wildman–Crippen LogP) is 3.30. The highest BCUT2D eigenvalue weighted by Gasteiger charge is 2.26. The van der Waals surface area contributed by atoms with Crippen LogP contribution in [0.3, 0.4) is 0 Å². The molecule has 27 heavy (non-hydrogen) atoms. The molecule has 0 aliphatic carbocycles. The number of esters is 1. The molecule has 2 aromatic rings. The van der Waals surface area contributed by atoms with Crippen molar-refractivity contribution in [3.63, 3.8) is 0 Å². The van der Waals surface area contributed by atoms with E-state index in [0.717, 1.165) is 4.90 Å². The zero-order valence-electron chi connectivity index (χ0n) is 15.0. The third kappa shape index (κ3) is 7.15. The number of rotatable bonds is 8. The van der Waals surface area contributed by atoms with Crippen LogP contribution in [-0.2, 0) is 14.3 Å².